The molecule has 0 aliphatic carbocycles. The van der Waals surface area contributed by atoms with Gasteiger partial charge in [-0.15, -0.1) is 16.9 Å². The maximum absolute atomic E-state index is 11.6. The standard InChI is InChI=1S/C13H17N5OS2/c14-12-16-13(18-17-12)21-9-11(19)15-7-4-8-20-10-5-2-1-3-6-10/h1-3,5-6H,4,7-9H2,(H,15,19)(H3,14,16,17,18). The van der Waals surface area contributed by atoms with E-state index in [0.29, 0.717) is 17.5 Å². The Hall–Kier alpha value is -1.67. The highest BCUT2D eigenvalue weighted by atomic mass is 32.2. The van der Waals surface area contributed by atoms with Crippen LogP contribution in [0.15, 0.2) is 40.4 Å². The first-order valence-corrected chi connectivity index (χ1v) is 8.46. The molecule has 0 spiro atoms. The zero-order chi connectivity index (χ0) is 14.9. The molecule has 0 saturated heterocycles. The lowest BCUT2D eigenvalue weighted by atomic mass is 10.4. The number of nitrogen functional groups attached to an aromatic ring is 1. The third-order valence-corrected chi connectivity index (χ3v) is 4.42. The summed E-state index contributed by atoms with van der Waals surface area (Å²) in [6.07, 6.45) is 0.934. The lowest BCUT2D eigenvalue weighted by Crippen LogP contribution is -2.26. The monoisotopic (exact) mass is 323 g/mol. The Bertz CT molecular complexity index is 561. The van der Waals surface area contributed by atoms with Gasteiger partial charge in [-0.3, -0.25) is 4.79 Å². The second-order valence-corrected chi connectivity index (χ2v) is 6.27. The number of nitrogens with zero attached hydrogens (tertiary/aromatic N) is 2. The highest BCUT2D eigenvalue weighted by Crippen LogP contribution is 2.17. The number of rotatable bonds is 8. The topological polar surface area (TPSA) is 96.7 Å². The minimum absolute atomic E-state index is 0.0203. The van der Waals surface area contributed by atoms with Gasteiger partial charge in [0, 0.05) is 11.4 Å². The van der Waals surface area contributed by atoms with Crippen molar-refractivity contribution >= 4 is 35.4 Å². The summed E-state index contributed by atoms with van der Waals surface area (Å²) in [5.41, 5.74) is 5.40. The van der Waals surface area contributed by atoms with Crippen molar-refractivity contribution in [2.24, 2.45) is 0 Å². The van der Waals surface area contributed by atoms with Gasteiger partial charge in [-0.1, -0.05) is 30.0 Å². The molecule has 0 saturated carbocycles. The van der Waals surface area contributed by atoms with Crippen LogP contribution in [0.3, 0.4) is 0 Å². The Balaban J connectivity index is 1.53. The highest BCUT2D eigenvalue weighted by molar-refractivity contribution is 7.99. The number of nitrogens with one attached hydrogen (secondary N) is 2. The third kappa shape index (κ3) is 6.09. The van der Waals surface area contributed by atoms with Crippen LogP contribution in [-0.4, -0.2) is 39.1 Å². The number of carbonyl (C=O) groups excluding carboxylic acids is 1. The smallest absolute Gasteiger partial charge is 0.230 e. The number of hydrogen-bond acceptors (Lipinski definition) is 6. The molecule has 1 aromatic carbocycles. The van der Waals surface area contributed by atoms with Crippen LogP contribution in [0.2, 0.25) is 0 Å². The van der Waals surface area contributed by atoms with Crippen molar-refractivity contribution in [3.8, 4) is 0 Å². The van der Waals surface area contributed by atoms with E-state index in [1.807, 2.05) is 18.2 Å². The van der Waals surface area contributed by atoms with Gasteiger partial charge in [-0.05, 0) is 24.3 Å². The number of anilines is 1. The number of aromatic amines is 1. The van der Waals surface area contributed by atoms with E-state index in [0.717, 1.165) is 12.2 Å². The first-order valence-electron chi connectivity index (χ1n) is 6.49. The largest absolute Gasteiger partial charge is 0.368 e. The van der Waals surface area contributed by atoms with Crippen molar-refractivity contribution in [2.75, 3.05) is 23.8 Å². The minimum Gasteiger partial charge on any atom is -0.368 e. The van der Waals surface area contributed by atoms with Crippen LogP contribution in [0.4, 0.5) is 5.95 Å². The predicted molar refractivity (Wildman–Crippen MR) is 86.3 cm³/mol. The summed E-state index contributed by atoms with van der Waals surface area (Å²) in [5.74, 6) is 1.52. The zero-order valence-electron chi connectivity index (χ0n) is 11.4. The Kier molecular flexibility index (Phi) is 6.42. The van der Waals surface area contributed by atoms with E-state index in [2.05, 4.69) is 32.6 Å². The van der Waals surface area contributed by atoms with Crippen LogP contribution in [0, 0.1) is 0 Å². The number of nitrogens with two attached hydrogens (primary N) is 1. The third-order valence-electron chi connectivity index (χ3n) is 2.47. The van der Waals surface area contributed by atoms with Gasteiger partial charge in [0.2, 0.25) is 17.0 Å². The van der Waals surface area contributed by atoms with Crippen molar-refractivity contribution in [2.45, 2.75) is 16.5 Å². The van der Waals surface area contributed by atoms with E-state index in [9.17, 15) is 4.79 Å². The Morgan fingerprint density at radius 3 is 2.81 bits per heavy atom. The average molecular weight is 323 g/mol. The summed E-state index contributed by atoms with van der Waals surface area (Å²) in [6, 6.07) is 10.2. The quantitative estimate of drug-likeness (QED) is 0.506. The fourth-order valence-corrected chi connectivity index (χ4v) is 3.02. The summed E-state index contributed by atoms with van der Waals surface area (Å²) < 4.78 is 0. The van der Waals surface area contributed by atoms with Gasteiger partial charge in [0.25, 0.3) is 0 Å². The molecule has 6 nitrogen and oxygen atoms in total. The molecule has 2 aromatic rings. The Labute approximate surface area is 131 Å². The Morgan fingerprint density at radius 1 is 1.29 bits per heavy atom. The maximum Gasteiger partial charge on any atom is 0.230 e. The second-order valence-electron chi connectivity index (χ2n) is 4.16. The lowest BCUT2D eigenvalue weighted by molar-refractivity contribution is -0.118. The van der Waals surface area contributed by atoms with E-state index in [-0.39, 0.29) is 11.9 Å². The summed E-state index contributed by atoms with van der Waals surface area (Å²) in [6.45, 7) is 0.676. The van der Waals surface area contributed by atoms with Crippen molar-refractivity contribution in [3.63, 3.8) is 0 Å². The highest BCUT2D eigenvalue weighted by Gasteiger charge is 2.05. The number of amides is 1. The fraction of sp³-hybridized carbons (Fsp3) is 0.308. The van der Waals surface area contributed by atoms with E-state index in [4.69, 9.17) is 5.73 Å². The van der Waals surface area contributed by atoms with Crippen LogP contribution in [0.25, 0.3) is 0 Å². The van der Waals surface area contributed by atoms with Crippen molar-refractivity contribution < 1.29 is 4.79 Å². The number of aromatic nitrogens is 3. The van der Waals surface area contributed by atoms with Gasteiger partial charge < -0.3 is 11.1 Å². The number of H-pyrrole nitrogens is 1. The number of benzene rings is 1. The molecule has 0 aliphatic heterocycles. The molecule has 0 aliphatic rings. The molecule has 0 radical (unpaired) electrons. The SMILES string of the molecule is Nc1nc(SCC(=O)NCCCSc2ccccc2)n[nH]1. The van der Waals surface area contributed by atoms with E-state index < -0.39 is 0 Å². The van der Waals surface area contributed by atoms with Crippen molar-refractivity contribution in [1.29, 1.82) is 0 Å². The molecule has 0 bridgehead atoms. The lowest BCUT2D eigenvalue weighted by Gasteiger charge is -2.04. The van der Waals surface area contributed by atoms with Crippen molar-refractivity contribution in [1.82, 2.24) is 20.5 Å². The molecule has 8 heteroatoms. The number of hydrogen-bond donors (Lipinski definition) is 3. The van der Waals surface area contributed by atoms with E-state index in [1.54, 1.807) is 11.8 Å². The molecule has 21 heavy (non-hydrogen) atoms. The van der Waals surface area contributed by atoms with Gasteiger partial charge in [0.1, 0.15) is 0 Å². The maximum atomic E-state index is 11.6. The van der Waals surface area contributed by atoms with Gasteiger partial charge in [-0.25, -0.2) is 5.10 Å². The number of carbonyl (C=O) groups is 1. The van der Waals surface area contributed by atoms with Crippen molar-refractivity contribution in [3.05, 3.63) is 30.3 Å². The summed E-state index contributed by atoms with van der Waals surface area (Å²) >= 11 is 3.05. The van der Waals surface area contributed by atoms with Gasteiger partial charge >= 0.3 is 0 Å². The average Bonchev–Trinajstić information content (AvgIpc) is 2.91. The van der Waals surface area contributed by atoms with Gasteiger partial charge in [-0.2, -0.15) is 4.98 Å². The summed E-state index contributed by atoms with van der Waals surface area (Å²) in [7, 11) is 0. The molecular weight excluding hydrogens is 306 g/mol. The normalized spacial score (nSPS) is 10.5. The molecule has 0 fully saturated rings. The summed E-state index contributed by atoms with van der Waals surface area (Å²) in [4.78, 5) is 16.8. The molecule has 1 heterocycles. The molecule has 2 rings (SSSR count). The van der Waals surface area contributed by atoms with E-state index >= 15 is 0 Å². The molecule has 1 aromatic heterocycles. The first-order chi connectivity index (χ1) is 10.2. The van der Waals surface area contributed by atoms with Gasteiger partial charge in [0.15, 0.2) is 0 Å². The van der Waals surface area contributed by atoms with Crippen LogP contribution in [0.5, 0.6) is 0 Å². The fourth-order valence-electron chi connectivity index (χ4n) is 1.51. The van der Waals surface area contributed by atoms with Crippen LogP contribution in [-0.2, 0) is 4.79 Å². The molecule has 0 atom stereocenters. The first kappa shape index (κ1) is 15.7. The second kappa shape index (κ2) is 8.58. The number of thioether (sulfide) groups is 2. The van der Waals surface area contributed by atoms with Gasteiger partial charge in [0.05, 0.1) is 5.75 Å². The molecule has 112 valence electrons. The summed E-state index contributed by atoms with van der Waals surface area (Å²) in [5, 5.41) is 9.74. The van der Waals surface area contributed by atoms with Crippen LogP contribution < -0.4 is 11.1 Å². The molecule has 0 unspecified atom stereocenters. The molecule has 4 N–H and O–H groups in total. The Morgan fingerprint density at radius 2 is 2.10 bits per heavy atom. The molecular formula is C13H17N5OS2. The van der Waals surface area contributed by atoms with Crippen LogP contribution >= 0.6 is 23.5 Å². The van der Waals surface area contributed by atoms with E-state index in [1.165, 1.54) is 16.7 Å². The zero-order valence-corrected chi connectivity index (χ0v) is 13.0. The molecule has 1 amide bonds. The van der Waals surface area contributed by atoms with Crippen LogP contribution in [0.1, 0.15) is 6.42 Å². The minimum atomic E-state index is -0.0203. The predicted octanol–water partition coefficient (Wildman–Crippen LogP) is 1.78.